The van der Waals surface area contributed by atoms with Gasteiger partial charge < -0.3 is 41.2 Å². The van der Waals surface area contributed by atoms with Gasteiger partial charge in [-0.25, -0.2) is 4.79 Å². The van der Waals surface area contributed by atoms with Crippen LogP contribution in [-0.2, 0) is 41.6 Å². The van der Waals surface area contributed by atoms with Crippen LogP contribution in [0.25, 0.3) is 32.7 Å². The number of carbonyl (C=O) groups excluding carboxylic acids is 5. The van der Waals surface area contributed by atoms with Gasteiger partial charge in [0.2, 0.25) is 23.6 Å². The number of hydrogen-bond acceptors (Lipinski definition) is 9. The molecule has 4 aromatic rings. The first-order chi connectivity index (χ1) is 27.0. The van der Waals surface area contributed by atoms with E-state index < -0.39 is 53.8 Å². The third-order valence-corrected chi connectivity index (χ3v) is 9.94. The number of methoxy groups -OCH3 is 3. The van der Waals surface area contributed by atoms with Crippen LogP contribution in [-0.4, -0.2) is 81.6 Å². The lowest BCUT2D eigenvalue weighted by Crippen LogP contribution is -2.57. The number of unbranched alkanes of at least 4 members (excludes halogenated alkanes) is 1. The molecule has 1 unspecified atom stereocenters. The van der Waals surface area contributed by atoms with Crippen molar-refractivity contribution in [1.29, 1.82) is 0 Å². The Balaban J connectivity index is 0.00000720. The Morgan fingerprint density at radius 3 is 1.96 bits per heavy atom. The zero-order valence-electron chi connectivity index (χ0n) is 32.9. The van der Waals surface area contributed by atoms with Gasteiger partial charge in [0.25, 0.3) is 0 Å². The number of nitrogens with one attached hydrogen (secondary N) is 4. The molecule has 0 spiro atoms. The van der Waals surface area contributed by atoms with Gasteiger partial charge in [0.05, 0.1) is 21.3 Å². The average Bonchev–Trinajstić information content (AvgIpc) is 3.19. The molecular formula is C43H52ClN5O8. The van der Waals surface area contributed by atoms with E-state index in [9.17, 15) is 24.0 Å². The van der Waals surface area contributed by atoms with Crippen molar-refractivity contribution >= 4 is 63.5 Å². The van der Waals surface area contributed by atoms with Crippen LogP contribution in [0.3, 0.4) is 0 Å². The summed E-state index contributed by atoms with van der Waals surface area (Å²) in [5, 5.41) is 14.6. The van der Waals surface area contributed by atoms with Crippen LogP contribution in [0.5, 0.6) is 11.5 Å². The van der Waals surface area contributed by atoms with Crippen LogP contribution >= 0.6 is 12.4 Å². The number of fused-ring (bicyclic) bond motifs is 9. The third kappa shape index (κ3) is 10.4. The molecule has 5 rings (SSSR count). The van der Waals surface area contributed by atoms with Gasteiger partial charge in [0, 0.05) is 24.5 Å². The second-order valence-electron chi connectivity index (χ2n) is 13.9. The number of halogens is 1. The Labute approximate surface area is 338 Å². The second kappa shape index (κ2) is 20.5. The highest BCUT2D eigenvalue weighted by atomic mass is 35.5. The molecule has 4 bridgehead atoms. The van der Waals surface area contributed by atoms with E-state index in [1.165, 1.54) is 21.0 Å². The van der Waals surface area contributed by atoms with E-state index in [1.807, 2.05) is 60.7 Å². The van der Waals surface area contributed by atoms with Crippen LogP contribution in [0.15, 0.2) is 72.8 Å². The highest BCUT2D eigenvalue weighted by molar-refractivity contribution is 6.11. The maximum atomic E-state index is 14.0. The van der Waals surface area contributed by atoms with Crippen molar-refractivity contribution < 1.29 is 38.2 Å². The van der Waals surface area contributed by atoms with Crippen molar-refractivity contribution in [2.24, 2.45) is 5.73 Å². The van der Waals surface area contributed by atoms with Crippen LogP contribution < -0.4 is 36.5 Å². The molecule has 0 aliphatic carbocycles. The van der Waals surface area contributed by atoms with E-state index in [4.69, 9.17) is 19.9 Å². The molecule has 1 aliphatic rings. The summed E-state index contributed by atoms with van der Waals surface area (Å²) in [7, 11) is 4.42. The number of benzene rings is 4. The maximum absolute atomic E-state index is 14.0. The monoisotopic (exact) mass is 801 g/mol. The topological polar surface area (TPSA) is 187 Å². The quantitative estimate of drug-likeness (QED) is 0.0977. The van der Waals surface area contributed by atoms with Gasteiger partial charge >= 0.3 is 5.97 Å². The van der Waals surface area contributed by atoms with Gasteiger partial charge in [0.15, 0.2) is 0 Å². The molecule has 1 aliphatic heterocycles. The van der Waals surface area contributed by atoms with Crippen LogP contribution in [0.2, 0.25) is 0 Å². The third-order valence-electron chi connectivity index (χ3n) is 9.94. The molecule has 57 heavy (non-hydrogen) atoms. The number of rotatable bonds is 8. The molecule has 304 valence electrons. The molecule has 0 saturated heterocycles. The summed E-state index contributed by atoms with van der Waals surface area (Å²) in [5.74, 6) is -1.83. The fourth-order valence-electron chi connectivity index (χ4n) is 7.22. The molecule has 4 atom stereocenters. The fourth-order valence-corrected chi connectivity index (χ4v) is 7.22. The molecule has 6 N–H and O–H groups in total. The first-order valence-electron chi connectivity index (χ1n) is 18.8. The second-order valence-corrected chi connectivity index (χ2v) is 13.9. The number of esters is 1. The smallest absolute Gasteiger partial charge is 0.328 e. The van der Waals surface area contributed by atoms with Gasteiger partial charge in [-0.15, -0.1) is 12.4 Å². The van der Waals surface area contributed by atoms with Gasteiger partial charge in [-0.1, -0.05) is 60.7 Å². The molecule has 14 heteroatoms. The van der Waals surface area contributed by atoms with Gasteiger partial charge in [-0.05, 0) is 90.4 Å². The van der Waals surface area contributed by atoms with E-state index in [2.05, 4.69) is 27.3 Å². The number of amides is 4. The van der Waals surface area contributed by atoms with Crippen LogP contribution in [0.4, 0.5) is 0 Å². The van der Waals surface area contributed by atoms with Crippen LogP contribution in [0.1, 0.15) is 50.7 Å². The first-order valence-corrected chi connectivity index (χ1v) is 18.8. The van der Waals surface area contributed by atoms with Gasteiger partial charge in [0.1, 0.15) is 35.7 Å². The van der Waals surface area contributed by atoms with Crippen molar-refractivity contribution in [2.45, 2.75) is 76.5 Å². The zero-order valence-corrected chi connectivity index (χ0v) is 33.8. The van der Waals surface area contributed by atoms with Crippen molar-refractivity contribution in [1.82, 2.24) is 21.3 Å². The average molecular weight is 802 g/mol. The van der Waals surface area contributed by atoms with E-state index in [0.717, 1.165) is 38.2 Å². The standard InChI is InChI=1S/C43H51N5O8.ClH/c1-25-40(50)47-33(19-12-13-21-44)41(51)48-34(43(53)56-5)20-11-8-16-29-22-27-14-6-9-17-31(27)36(38(29)54-3)37-32-18-10-7-15-28(32)23-30(39(37)55-4)24-35(42(52)45-25)46-26(2)49;/h6-11,14-15,17-18,22-23,25,33-35H,12-13,16,19-21,24,44H2,1-5H3,(H,45,52)(H,46,49)(H,47,50)(H,48,51);1H/b11-8+;/t25-,33-,34-,35?;/m0./s1. The summed E-state index contributed by atoms with van der Waals surface area (Å²) in [4.78, 5) is 66.7. The Hall–Kier alpha value is -5.66. The summed E-state index contributed by atoms with van der Waals surface area (Å²) in [6, 6.07) is 15.5. The lowest BCUT2D eigenvalue weighted by Gasteiger charge is -2.25. The summed E-state index contributed by atoms with van der Waals surface area (Å²) < 4.78 is 17.5. The van der Waals surface area contributed by atoms with Crippen molar-refractivity contribution in [3.05, 3.63) is 83.9 Å². The van der Waals surface area contributed by atoms with Crippen molar-refractivity contribution in [2.75, 3.05) is 27.9 Å². The molecule has 4 amide bonds. The predicted molar refractivity (Wildman–Crippen MR) is 222 cm³/mol. The molecule has 0 saturated carbocycles. The zero-order chi connectivity index (χ0) is 40.4. The maximum Gasteiger partial charge on any atom is 0.328 e. The number of ether oxygens (including phenoxy) is 3. The van der Waals surface area contributed by atoms with Crippen molar-refractivity contribution in [3.63, 3.8) is 0 Å². The number of hydrogen-bond donors (Lipinski definition) is 5. The molecule has 0 aromatic heterocycles. The fraction of sp³-hybridized carbons (Fsp3) is 0.372. The Morgan fingerprint density at radius 1 is 0.789 bits per heavy atom. The summed E-state index contributed by atoms with van der Waals surface area (Å²) >= 11 is 0. The summed E-state index contributed by atoms with van der Waals surface area (Å²) in [6.07, 6.45) is 5.61. The van der Waals surface area contributed by atoms with E-state index in [-0.39, 0.29) is 31.7 Å². The minimum atomic E-state index is -1.11. The van der Waals surface area contributed by atoms with Gasteiger partial charge in [-0.2, -0.15) is 0 Å². The normalized spacial score (nSPS) is 19.8. The van der Waals surface area contributed by atoms with Gasteiger partial charge in [-0.3, -0.25) is 19.2 Å². The highest BCUT2D eigenvalue weighted by Crippen LogP contribution is 2.48. The van der Waals surface area contributed by atoms with Crippen LogP contribution in [0, 0.1) is 0 Å². The van der Waals surface area contributed by atoms with E-state index in [1.54, 1.807) is 20.3 Å². The number of allylic oxidation sites excluding steroid dienone is 1. The summed E-state index contributed by atoms with van der Waals surface area (Å²) in [5.41, 5.74) is 8.72. The largest absolute Gasteiger partial charge is 0.496 e. The molecule has 0 radical (unpaired) electrons. The Bertz CT molecular complexity index is 2140. The number of carbonyl (C=O) groups is 5. The first kappa shape index (κ1) is 44.1. The van der Waals surface area contributed by atoms with E-state index in [0.29, 0.717) is 42.9 Å². The van der Waals surface area contributed by atoms with E-state index >= 15 is 0 Å². The number of nitrogens with two attached hydrogens (primary N) is 1. The predicted octanol–water partition coefficient (Wildman–Crippen LogP) is 4.42. The molecule has 4 aromatic carbocycles. The minimum Gasteiger partial charge on any atom is -0.496 e. The summed E-state index contributed by atoms with van der Waals surface area (Å²) in [6.45, 7) is 3.19. The molecule has 0 fully saturated rings. The molecule has 13 nitrogen and oxygen atoms in total. The lowest BCUT2D eigenvalue weighted by atomic mass is 9.87. The Kier molecular flexibility index (Phi) is 15.8. The lowest BCUT2D eigenvalue weighted by molar-refractivity contribution is -0.145. The SMILES string of the molecule is COC(=O)[C@@H]1C/C=C/Cc2cc3ccccc3c(c2OC)-c2c(OC)c(cc3ccccc23)CC(NC(C)=O)C(=O)N[C@@H](C)C(=O)N[C@@H](CCCCN)C(=O)N1.Cl. The minimum absolute atomic E-state index is 0. The molecule has 1 heterocycles. The van der Waals surface area contributed by atoms with Crippen molar-refractivity contribution in [3.8, 4) is 22.6 Å². The molecular weight excluding hydrogens is 750 g/mol. The Morgan fingerprint density at radius 2 is 1.39 bits per heavy atom. The highest BCUT2D eigenvalue weighted by Gasteiger charge is 2.31.